The minimum Gasteiger partial charge on any atom is -0.368 e. The molecule has 1 aliphatic rings. The fourth-order valence-corrected chi connectivity index (χ4v) is 3.63. The molecule has 1 saturated carbocycles. The molecule has 1 atom stereocenters. The summed E-state index contributed by atoms with van der Waals surface area (Å²) in [7, 11) is 6.24. The maximum absolute atomic E-state index is 4.89. The van der Waals surface area contributed by atoms with E-state index < -0.39 is 0 Å². The quantitative estimate of drug-likeness (QED) is 0.845. The van der Waals surface area contributed by atoms with Crippen molar-refractivity contribution in [2.24, 2.45) is 7.05 Å². The second-order valence-electron chi connectivity index (χ2n) is 7.20. The van der Waals surface area contributed by atoms with E-state index in [0.29, 0.717) is 12.0 Å². The van der Waals surface area contributed by atoms with E-state index in [0.717, 1.165) is 29.2 Å². The Balaban J connectivity index is 1.87. The summed E-state index contributed by atoms with van der Waals surface area (Å²) in [6.07, 6.45) is 9.23. The molecule has 1 N–H and O–H groups in total. The van der Waals surface area contributed by atoms with Gasteiger partial charge in [-0.1, -0.05) is 26.2 Å². The zero-order chi connectivity index (χ0) is 17.1. The van der Waals surface area contributed by atoms with Crippen LogP contribution >= 0.6 is 0 Å². The van der Waals surface area contributed by atoms with Gasteiger partial charge in [0.15, 0.2) is 5.65 Å². The molecule has 2 heterocycles. The molecule has 1 fully saturated rings. The molecule has 1 aliphatic carbocycles. The first-order valence-electron chi connectivity index (χ1n) is 9.20. The van der Waals surface area contributed by atoms with Crippen molar-refractivity contribution >= 4 is 16.9 Å². The Morgan fingerprint density at radius 2 is 2.04 bits per heavy atom. The molecule has 2 aromatic rings. The largest absolute Gasteiger partial charge is 0.368 e. The average molecular weight is 330 g/mol. The molecule has 0 bridgehead atoms. The third kappa shape index (κ3) is 3.53. The van der Waals surface area contributed by atoms with Crippen molar-refractivity contribution in [1.82, 2.24) is 24.6 Å². The van der Waals surface area contributed by atoms with Crippen LogP contribution in [0.3, 0.4) is 0 Å². The fraction of sp³-hybridized carbons (Fsp3) is 0.722. The maximum Gasteiger partial charge on any atom is 0.163 e. The number of likely N-dealkylation sites (N-methyl/N-ethyl adjacent to an activating group) is 1. The first-order chi connectivity index (χ1) is 11.6. The number of fused-ring (bicyclic) bond motifs is 1. The standard InChI is InChI=1S/C18H30N6/c1-5-8-14(23(2)3)11-19-17-15-12-20-24(4)18(15)22-16(21-17)13-9-6-7-10-13/h12-14H,5-11H2,1-4H3,(H,19,21,22)/t14-/m0/s1. The highest BCUT2D eigenvalue weighted by Gasteiger charge is 2.22. The molecule has 3 rings (SSSR count). The number of nitrogens with zero attached hydrogens (tertiary/aromatic N) is 5. The number of anilines is 1. The van der Waals surface area contributed by atoms with Crippen LogP contribution in [0, 0.1) is 0 Å². The minimum atomic E-state index is 0.505. The first-order valence-corrected chi connectivity index (χ1v) is 9.20. The predicted molar refractivity (Wildman–Crippen MR) is 98.4 cm³/mol. The van der Waals surface area contributed by atoms with E-state index in [1.165, 1.54) is 38.5 Å². The molecule has 2 aromatic heterocycles. The third-order valence-corrected chi connectivity index (χ3v) is 5.19. The van der Waals surface area contributed by atoms with Crippen LogP contribution in [0.15, 0.2) is 6.20 Å². The lowest BCUT2D eigenvalue weighted by atomic mass is 10.1. The number of hydrogen-bond acceptors (Lipinski definition) is 5. The van der Waals surface area contributed by atoms with E-state index in [4.69, 9.17) is 9.97 Å². The van der Waals surface area contributed by atoms with Gasteiger partial charge in [-0.05, 0) is 33.4 Å². The Bertz CT molecular complexity index is 671. The van der Waals surface area contributed by atoms with Crippen LogP contribution in [0.1, 0.15) is 57.2 Å². The van der Waals surface area contributed by atoms with E-state index >= 15 is 0 Å². The van der Waals surface area contributed by atoms with Crippen LogP contribution in [0.25, 0.3) is 11.0 Å². The van der Waals surface area contributed by atoms with Crippen molar-refractivity contribution in [3.05, 3.63) is 12.0 Å². The van der Waals surface area contributed by atoms with E-state index in [9.17, 15) is 0 Å². The second kappa shape index (κ2) is 7.47. The number of hydrogen-bond donors (Lipinski definition) is 1. The van der Waals surface area contributed by atoms with Gasteiger partial charge in [0.2, 0.25) is 0 Å². The van der Waals surface area contributed by atoms with Crippen molar-refractivity contribution in [3.63, 3.8) is 0 Å². The van der Waals surface area contributed by atoms with Crippen molar-refractivity contribution in [1.29, 1.82) is 0 Å². The molecular formula is C18H30N6. The topological polar surface area (TPSA) is 58.9 Å². The summed E-state index contributed by atoms with van der Waals surface area (Å²) in [4.78, 5) is 12.0. The summed E-state index contributed by atoms with van der Waals surface area (Å²) < 4.78 is 1.86. The van der Waals surface area contributed by atoms with Gasteiger partial charge in [0, 0.05) is 25.6 Å². The lowest BCUT2D eigenvalue weighted by Crippen LogP contribution is -2.34. The van der Waals surface area contributed by atoms with Crippen LogP contribution in [0.4, 0.5) is 5.82 Å². The minimum absolute atomic E-state index is 0.505. The van der Waals surface area contributed by atoms with E-state index in [1.54, 1.807) is 0 Å². The highest BCUT2D eigenvalue weighted by atomic mass is 15.3. The predicted octanol–water partition coefficient (Wildman–Crippen LogP) is 3.16. The van der Waals surface area contributed by atoms with Crippen LogP contribution in [-0.4, -0.2) is 51.3 Å². The highest BCUT2D eigenvalue weighted by molar-refractivity contribution is 5.86. The molecule has 0 saturated heterocycles. The summed E-state index contributed by atoms with van der Waals surface area (Å²) in [5.41, 5.74) is 0.936. The average Bonchev–Trinajstić information content (AvgIpc) is 3.21. The second-order valence-corrected chi connectivity index (χ2v) is 7.20. The third-order valence-electron chi connectivity index (χ3n) is 5.19. The summed E-state index contributed by atoms with van der Waals surface area (Å²) >= 11 is 0. The lowest BCUT2D eigenvalue weighted by Gasteiger charge is -2.24. The highest BCUT2D eigenvalue weighted by Crippen LogP contribution is 2.34. The van der Waals surface area contributed by atoms with Crippen LogP contribution in [-0.2, 0) is 7.05 Å². The Morgan fingerprint density at radius 3 is 2.71 bits per heavy atom. The molecule has 0 unspecified atom stereocenters. The molecule has 6 nitrogen and oxygen atoms in total. The van der Waals surface area contributed by atoms with Gasteiger partial charge in [0.25, 0.3) is 0 Å². The molecule has 0 spiro atoms. The van der Waals surface area contributed by atoms with E-state index in [-0.39, 0.29) is 0 Å². The van der Waals surface area contributed by atoms with E-state index in [2.05, 4.69) is 36.3 Å². The monoisotopic (exact) mass is 330 g/mol. The first kappa shape index (κ1) is 17.1. The molecule has 0 aliphatic heterocycles. The van der Waals surface area contributed by atoms with Gasteiger partial charge in [-0.3, -0.25) is 4.68 Å². The Hall–Kier alpha value is -1.69. The fourth-order valence-electron chi connectivity index (χ4n) is 3.63. The van der Waals surface area contributed by atoms with E-state index in [1.807, 2.05) is 17.9 Å². The van der Waals surface area contributed by atoms with Crippen LogP contribution in [0.5, 0.6) is 0 Å². The van der Waals surface area contributed by atoms with Crippen LogP contribution in [0.2, 0.25) is 0 Å². The van der Waals surface area contributed by atoms with Gasteiger partial charge in [-0.2, -0.15) is 5.10 Å². The lowest BCUT2D eigenvalue weighted by molar-refractivity contribution is 0.288. The Kier molecular flexibility index (Phi) is 5.33. The summed E-state index contributed by atoms with van der Waals surface area (Å²) in [5, 5.41) is 8.99. The van der Waals surface area contributed by atoms with Gasteiger partial charge < -0.3 is 10.2 Å². The molecule has 132 valence electrons. The summed E-state index contributed by atoms with van der Waals surface area (Å²) in [6, 6.07) is 0.506. The van der Waals surface area contributed by atoms with Crippen molar-refractivity contribution in [2.75, 3.05) is 26.0 Å². The van der Waals surface area contributed by atoms with Crippen molar-refractivity contribution in [2.45, 2.75) is 57.4 Å². The van der Waals surface area contributed by atoms with Gasteiger partial charge in [0.05, 0.1) is 11.6 Å². The van der Waals surface area contributed by atoms with Gasteiger partial charge in [-0.25, -0.2) is 9.97 Å². The Labute approximate surface area is 144 Å². The smallest absolute Gasteiger partial charge is 0.163 e. The molecule has 0 aromatic carbocycles. The summed E-state index contributed by atoms with van der Waals surface area (Å²) in [5.74, 6) is 2.44. The number of aryl methyl sites for hydroxylation is 1. The summed E-state index contributed by atoms with van der Waals surface area (Å²) in [6.45, 7) is 3.13. The zero-order valence-corrected chi connectivity index (χ0v) is 15.4. The normalized spacial score (nSPS) is 17.0. The van der Waals surface area contributed by atoms with Crippen molar-refractivity contribution < 1.29 is 0 Å². The SMILES string of the molecule is CCC[C@@H](CNc1nc(C2CCCC2)nc2c1cnn2C)N(C)C. The maximum atomic E-state index is 4.89. The molecule has 0 radical (unpaired) electrons. The van der Waals surface area contributed by atoms with Crippen molar-refractivity contribution in [3.8, 4) is 0 Å². The van der Waals surface area contributed by atoms with Crippen LogP contribution < -0.4 is 5.32 Å². The molecule has 24 heavy (non-hydrogen) atoms. The molecular weight excluding hydrogens is 300 g/mol. The molecule has 6 heteroatoms. The number of nitrogens with one attached hydrogen (secondary N) is 1. The van der Waals surface area contributed by atoms with Gasteiger partial charge in [0.1, 0.15) is 11.6 Å². The van der Waals surface area contributed by atoms with Gasteiger partial charge in [-0.15, -0.1) is 0 Å². The molecule has 0 amide bonds. The number of aromatic nitrogens is 4. The Morgan fingerprint density at radius 1 is 1.29 bits per heavy atom. The van der Waals surface area contributed by atoms with Gasteiger partial charge >= 0.3 is 0 Å². The zero-order valence-electron chi connectivity index (χ0n) is 15.4. The number of rotatable bonds is 7.